The number of benzene rings is 2. The van der Waals surface area contributed by atoms with Gasteiger partial charge in [0.2, 0.25) is 0 Å². The molecule has 0 saturated heterocycles. The van der Waals surface area contributed by atoms with Crippen molar-refractivity contribution in [2.24, 2.45) is 11.8 Å². The summed E-state index contributed by atoms with van der Waals surface area (Å²) in [6.07, 6.45) is -1.44. The molecule has 1 radical (unpaired) electrons. The van der Waals surface area contributed by atoms with E-state index in [2.05, 4.69) is 79.3 Å². The number of nitrogens with zero attached hydrogens (tertiary/aromatic N) is 4. The van der Waals surface area contributed by atoms with Gasteiger partial charge in [0.25, 0.3) is 9.04 Å². The van der Waals surface area contributed by atoms with Crippen molar-refractivity contribution in [2.75, 3.05) is 0 Å². The van der Waals surface area contributed by atoms with Crippen LogP contribution in [0.25, 0.3) is 11.4 Å². The Balaban J connectivity index is 1.20. The molecule has 0 spiro atoms. The normalized spacial score (nSPS) is 22.1. The monoisotopic (exact) mass is 589 g/mol. The minimum absolute atomic E-state index is 0.0787. The Labute approximate surface area is 246 Å². The minimum Gasteiger partial charge on any atom is -0.404 e. The van der Waals surface area contributed by atoms with E-state index in [9.17, 15) is 13.2 Å². The van der Waals surface area contributed by atoms with Crippen LogP contribution in [0.3, 0.4) is 0 Å². The van der Waals surface area contributed by atoms with Gasteiger partial charge in [-0.15, -0.1) is 0 Å². The first-order valence-corrected chi connectivity index (χ1v) is 16.0. The maximum absolute atomic E-state index is 13.3. The van der Waals surface area contributed by atoms with Crippen LogP contribution < -0.4 is 10.4 Å². The molecule has 0 aliphatic heterocycles. The Morgan fingerprint density at radius 3 is 2.10 bits per heavy atom. The van der Waals surface area contributed by atoms with Crippen LogP contribution in [0.1, 0.15) is 76.4 Å². The van der Waals surface area contributed by atoms with Crippen molar-refractivity contribution in [1.29, 1.82) is 0 Å². The van der Waals surface area contributed by atoms with Gasteiger partial charge in [-0.3, -0.25) is 4.68 Å². The predicted molar refractivity (Wildman–Crippen MR) is 159 cm³/mol. The molecule has 2 atom stereocenters. The molecule has 219 valence electrons. The summed E-state index contributed by atoms with van der Waals surface area (Å²) in [5.74, 6) is 1.29. The zero-order valence-corrected chi connectivity index (χ0v) is 25.6. The molecular weight excluding hydrogens is 553 g/mol. The number of rotatable bonds is 7. The average molecular weight is 590 g/mol. The molecule has 0 amide bonds. The van der Waals surface area contributed by atoms with E-state index in [-0.39, 0.29) is 23.3 Å². The topological polar surface area (TPSA) is 52.8 Å². The molecule has 42 heavy (non-hydrogen) atoms. The van der Waals surface area contributed by atoms with E-state index in [4.69, 9.17) is 9.52 Å². The SMILES string of the molecule is CC(C)n1nc(-c2cc(C(F)(F)F)ncn2)cc1C1C2CC(O[Si](c3ccccc3)c3ccc(C(C)(C)C)cc3)CC21. The van der Waals surface area contributed by atoms with Gasteiger partial charge >= 0.3 is 6.18 Å². The number of hydrogen-bond donors (Lipinski definition) is 0. The quantitative estimate of drug-likeness (QED) is 0.230. The highest BCUT2D eigenvalue weighted by Crippen LogP contribution is 2.64. The highest BCUT2D eigenvalue weighted by molar-refractivity contribution is 6.80. The number of aromatic nitrogens is 4. The number of alkyl halides is 3. The van der Waals surface area contributed by atoms with Crippen molar-refractivity contribution < 1.29 is 17.6 Å². The predicted octanol–water partition coefficient (Wildman–Crippen LogP) is 6.55. The van der Waals surface area contributed by atoms with Gasteiger partial charge < -0.3 is 4.43 Å². The third kappa shape index (κ3) is 5.68. The highest BCUT2D eigenvalue weighted by Gasteiger charge is 2.58. The van der Waals surface area contributed by atoms with Crippen LogP contribution in [-0.2, 0) is 16.0 Å². The van der Waals surface area contributed by atoms with Crippen LogP contribution in [0.15, 0.2) is 73.1 Å². The van der Waals surface area contributed by atoms with Crippen molar-refractivity contribution in [3.63, 3.8) is 0 Å². The van der Waals surface area contributed by atoms with E-state index in [0.717, 1.165) is 30.9 Å². The maximum atomic E-state index is 13.3. The molecule has 4 aromatic rings. The molecule has 0 N–H and O–H groups in total. The first-order valence-electron chi connectivity index (χ1n) is 14.6. The fourth-order valence-corrected chi connectivity index (χ4v) is 8.45. The standard InChI is InChI=1S/C33H36F3N4OSi/c1-20(2)40-29(17-28(39-40)27-18-30(33(34,35)36)38-19-37-27)31-25-15-22(16-26(25)31)41-42(23-9-7-6-8-10-23)24-13-11-21(12-14-24)32(3,4)5/h6-14,17-20,22,25-26,31H,15-16H2,1-5H3. The lowest BCUT2D eigenvalue weighted by molar-refractivity contribution is -0.141. The van der Waals surface area contributed by atoms with Crippen LogP contribution in [-0.4, -0.2) is 34.9 Å². The van der Waals surface area contributed by atoms with Crippen LogP contribution in [0.4, 0.5) is 13.2 Å². The summed E-state index contributed by atoms with van der Waals surface area (Å²) >= 11 is 0. The van der Waals surface area contributed by atoms with Crippen LogP contribution in [0.2, 0.25) is 0 Å². The Morgan fingerprint density at radius 2 is 1.50 bits per heavy atom. The van der Waals surface area contributed by atoms with E-state index in [1.54, 1.807) is 0 Å². The van der Waals surface area contributed by atoms with Crippen molar-refractivity contribution in [2.45, 2.75) is 77.1 Å². The summed E-state index contributed by atoms with van der Waals surface area (Å²) in [6, 6.07) is 22.5. The van der Waals surface area contributed by atoms with Crippen molar-refractivity contribution in [3.05, 3.63) is 90.0 Å². The van der Waals surface area contributed by atoms with E-state index in [1.165, 1.54) is 15.9 Å². The van der Waals surface area contributed by atoms with Crippen molar-refractivity contribution in [3.8, 4) is 11.4 Å². The molecule has 2 aliphatic rings. The lowest BCUT2D eigenvalue weighted by Gasteiger charge is -2.24. The zero-order chi connectivity index (χ0) is 29.8. The highest BCUT2D eigenvalue weighted by atomic mass is 28.3. The number of fused-ring (bicyclic) bond motifs is 1. The Kier molecular flexibility index (Phi) is 7.38. The van der Waals surface area contributed by atoms with Crippen LogP contribution in [0.5, 0.6) is 0 Å². The Bertz CT molecular complexity index is 1530. The summed E-state index contributed by atoms with van der Waals surface area (Å²) < 4.78 is 48.7. The molecule has 2 unspecified atom stereocenters. The number of hydrogen-bond acceptors (Lipinski definition) is 4. The van der Waals surface area contributed by atoms with Gasteiger partial charge in [-0.25, -0.2) is 9.97 Å². The molecule has 9 heteroatoms. The second-order valence-corrected chi connectivity index (χ2v) is 14.9. The maximum Gasteiger partial charge on any atom is 0.433 e. The number of halogens is 3. The van der Waals surface area contributed by atoms with Gasteiger partial charge in [-0.2, -0.15) is 18.3 Å². The Hall–Kier alpha value is -3.30. The second kappa shape index (κ2) is 10.8. The second-order valence-electron chi connectivity index (χ2n) is 12.9. The lowest BCUT2D eigenvalue weighted by Crippen LogP contribution is -2.47. The van der Waals surface area contributed by atoms with E-state index in [0.29, 0.717) is 23.4 Å². The largest absolute Gasteiger partial charge is 0.433 e. The van der Waals surface area contributed by atoms with E-state index >= 15 is 0 Å². The zero-order valence-electron chi connectivity index (χ0n) is 24.6. The summed E-state index contributed by atoms with van der Waals surface area (Å²) in [5.41, 5.74) is 2.17. The molecule has 2 heterocycles. The molecule has 2 saturated carbocycles. The Morgan fingerprint density at radius 1 is 0.857 bits per heavy atom. The molecule has 2 fully saturated rings. The van der Waals surface area contributed by atoms with E-state index < -0.39 is 20.9 Å². The first-order chi connectivity index (χ1) is 19.9. The van der Waals surface area contributed by atoms with Crippen LogP contribution >= 0.6 is 0 Å². The van der Waals surface area contributed by atoms with Gasteiger partial charge in [0.05, 0.1) is 5.69 Å². The van der Waals surface area contributed by atoms with Gasteiger partial charge in [-0.05, 0) is 72.0 Å². The summed E-state index contributed by atoms with van der Waals surface area (Å²) in [7, 11) is -1.42. The molecule has 2 aromatic heterocycles. The molecule has 6 rings (SSSR count). The van der Waals surface area contributed by atoms with Gasteiger partial charge in [-0.1, -0.05) is 75.4 Å². The molecule has 2 aliphatic carbocycles. The summed E-state index contributed by atoms with van der Waals surface area (Å²) in [6.45, 7) is 10.8. The van der Waals surface area contributed by atoms with Crippen molar-refractivity contribution in [1.82, 2.24) is 19.7 Å². The summed E-state index contributed by atoms with van der Waals surface area (Å²) in [5, 5.41) is 7.19. The van der Waals surface area contributed by atoms with Crippen molar-refractivity contribution >= 4 is 19.4 Å². The van der Waals surface area contributed by atoms with Gasteiger partial charge in [0, 0.05) is 23.8 Å². The van der Waals surface area contributed by atoms with Gasteiger partial charge in [0.15, 0.2) is 0 Å². The lowest BCUT2D eigenvalue weighted by atomic mass is 9.87. The smallest absolute Gasteiger partial charge is 0.404 e. The fraction of sp³-hybridized carbons (Fsp3) is 0.424. The van der Waals surface area contributed by atoms with Gasteiger partial charge in [0.1, 0.15) is 17.7 Å². The minimum atomic E-state index is -4.53. The molecule has 0 bridgehead atoms. The van der Waals surface area contributed by atoms with Crippen LogP contribution in [0, 0.1) is 11.8 Å². The van der Waals surface area contributed by atoms with E-state index in [1.807, 2.05) is 30.7 Å². The molecule has 2 aromatic carbocycles. The molecular formula is C33H36F3N4OSi. The molecule has 5 nitrogen and oxygen atoms in total. The fourth-order valence-electron chi connectivity index (χ4n) is 6.36. The average Bonchev–Trinajstić information content (AvgIpc) is 3.27. The third-order valence-electron chi connectivity index (χ3n) is 8.55. The third-order valence-corrected chi connectivity index (χ3v) is 10.8. The first kappa shape index (κ1) is 28.8. The summed E-state index contributed by atoms with van der Waals surface area (Å²) in [4.78, 5) is 7.51.